The van der Waals surface area contributed by atoms with Crippen molar-refractivity contribution in [2.24, 2.45) is 0 Å². The predicted octanol–water partition coefficient (Wildman–Crippen LogP) is 4.41. The van der Waals surface area contributed by atoms with Gasteiger partial charge in [0.2, 0.25) is 0 Å². The van der Waals surface area contributed by atoms with Gasteiger partial charge in [-0.15, -0.1) is 11.3 Å². The standard InChI is InChI=1S/C17H18BrNO6S/c1-5-23-16(21)12-9(4)13(17(22)24-8(2)3)26-15(12)19-14(20)10-6-7-11(18)25-10/h6-8H,5H2,1-4H3,(H,19,20). The van der Waals surface area contributed by atoms with E-state index in [1.54, 1.807) is 33.8 Å². The van der Waals surface area contributed by atoms with Crippen LogP contribution in [0.5, 0.6) is 0 Å². The van der Waals surface area contributed by atoms with Gasteiger partial charge in [0.05, 0.1) is 18.3 Å². The van der Waals surface area contributed by atoms with E-state index in [2.05, 4.69) is 21.2 Å². The van der Waals surface area contributed by atoms with Crippen LogP contribution in [-0.4, -0.2) is 30.6 Å². The molecule has 0 unspecified atom stereocenters. The van der Waals surface area contributed by atoms with E-state index in [9.17, 15) is 14.4 Å². The van der Waals surface area contributed by atoms with E-state index in [0.717, 1.165) is 11.3 Å². The summed E-state index contributed by atoms with van der Waals surface area (Å²) in [5, 5.41) is 2.81. The highest BCUT2D eigenvalue weighted by molar-refractivity contribution is 9.10. The molecule has 0 spiro atoms. The van der Waals surface area contributed by atoms with Gasteiger partial charge in [-0.25, -0.2) is 9.59 Å². The van der Waals surface area contributed by atoms with Crippen molar-refractivity contribution < 1.29 is 28.3 Å². The number of thiophene rings is 1. The van der Waals surface area contributed by atoms with Gasteiger partial charge in [0.1, 0.15) is 9.88 Å². The highest BCUT2D eigenvalue weighted by atomic mass is 79.9. The molecule has 7 nitrogen and oxygen atoms in total. The van der Waals surface area contributed by atoms with Gasteiger partial charge in [0.15, 0.2) is 10.4 Å². The van der Waals surface area contributed by atoms with Crippen LogP contribution >= 0.6 is 27.3 Å². The average molecular weight is 444 g/mol. The number of halogens is 1. The molecular formula is C17H18BrNO6S. The Morgan fingerprint density at radius 3 is 2.50 bits per heavy atom. The topological polar surface area (TPSA) is 94.8 Å². The zero-order chi connectivity index (χ0) is 19.4. The Hall–Kier alpha value is -2.13. The van der Waals surface area contributed by atoms with Crippen molar-refractivity contribution in [2.45, 2.75) is 33.8 Å². The molecule has 0 bridgehead atoms. The molecule has 0 aromatic carbocycles. The van der Waals surface area contributed by atoms with Crippen LogP contribution in [0, 0.1) is 6.92 Å². The van der Waals surface area contributed by atoms with Gasteiger partial charge in [-0.3, -0.25) is 4.79 Å². The first-order chi connectivity index (χ1) is 12.2. The normalized spacial score (nSPS) is 10.7. The number of hydrogen-bond acceptors (Lipinski definition) is 7. The van der Waals surface area contributed by atoms with Crippen LogP contribution in [0.25, 0.3) is 0 Å². The van der Waals surface area contributed by atoms with E-state index in [1.165, 1.54) is 6.07 Å². The summed E-state index contributed by atoms with van der Waals surface area (Å²) < 4.78 is 15.9. The lowest BCUT2D eigenvalue weighted by molar-refractivity contribution is 0.0383. The lowest BCUT2D eigenvalue weighted by Gasteiger charge is -2.07. The van der Waals surface area contributed by atoms with Gasteiger partial charge < -0.3 is 19.2 Å². The molecule has 0 atom stereocenters. The van der Waals surface area contributed by atoms with Crippen molar-refractivity contribution in [3.63, 3.8) is 0 Å². The third kappa shape index (κ3) is 4.53. The number of amides is 1. The molecule has 140 valence electrons. The Morgan fingerprint density at radius 2 is 1.96 bits per heavy atom. The quantitative estimate of drug-likeness (QED) is 0.664. The molecule has 2 heterocycles. The third-order valence-electron chi connectivity index (χ3n) is 3.18. The van der Waals surface area contributed by atoms with Crippen molar-refractivity contribution in [1.82, 2.24) is 0 Å². The van der Waals surface area contributed by atoms with Crippen molar-refractivity contribution in [1.29, 1.82) is 0 Å². The minimum absolute atomic E-state index is 0.0593. The van der Waals surface area contributed by atoms with Crippen molar-refractivity contribution in [3.8, 4) is 0 Å². The van der Waals surface area contributed by atoms with E-state index in [1.807, 2.05) is 0 Å². The molecule has 0 aliphatic heterocycles. The molecule has 0 aliphatic rings. The molecule has 1 N–H and O–H groups in total. The summed E-state index contributed by atoms with van der Waals surface area (Å²) in [7, 11) is 0. The number of carbonyl (C=O) groups excluding carboxylic acids is 3. The highest BCUT2D eigenvalue weighted by Gasteiger charge is 2.28. The second kappa shape index (κ2) is 8.50. The first kappa shape index (κ1) is 20.2. The maximum atomic E-state index is 12.3. The summed E-state index contributed by atoms with van der Waals surface area (Å²) in [5.74, 6) is -1.68. The van der Waals surface area contributed by atoms with Crippen molar-refractivity contribution >= 4 is 50.1 Å². The number of carbonyl (C=O) groups is 3. The van der Waals surface area contributed by atoms with Crippen LogP contribution in [0.2, 0.25) is 0 Å². The monoisotopic (exact) mass is 443 g/mol. The van der Waals surface area contributed by atoms with Crippen LogP contribution in [0.3, 0.4) is 0 Å². The second-order valence-corrected chi connectivity index (χ2v) is 7.29. The van der Waals surface area contributed by atoms with Crippen LogP contribution in [0.4, 0.5) is 5.00 Å². The first-order valence-corrected chi connectivity index (χ1v) is 9.43. The lowest BCUT2D eigenvalue weighted by atomic mass is 10.1. The molecule has 0 fully saturated rings. The largest absolute Gasteiger partial charge is 0.462 e. The SMILES string of the molecule is CCOC(=O)c1c(NC(=O)c2ccc(Br)o2)sc(C(=O)OC(C)C)c1C. The molecule has 0 saturated carbocycles. The average Bonchev–Trinajstić information content (AvgIpc) is 3.11. The summed E-state index contributed by atoms with van der Waals surface area (Å²) >= 11 is 4.08. The molecular weight excluding hydrogens is 426 g/mol. The second-order valence-electron chi connectivity index (χ2n) is 5.49. The van der Waals surface area contributed by atoms with Crippen LogP contribution in [0.1, 0.15) is 56.9 Å². The Labute approximate surface area is 162 Å². The van der Waals surface area contributed by atoms with Gasteiger partial charge in [-0.2, -0.15) is 0 Å². The number of esters is 2. The van der Waals surface area contributed by atoms with E-state index in [4.69, 9.17) is 13.9 Å². The summed E-state index contributed by atoms with van der Waals surface area (Å²) in [4.78, 5) is 37.2. The highest BCUT2D eigenvalue weighted by Crippen LogP contribution is 2.35. The zero-order valence-corrected chi connectivity index (χ0v) is 17.1. The molecule has 2 rings (SSSR count). The molecule has 0 radical (unpaired) electrons. The molecule has 26 heavy (non-hydrogen) atoms. The number of ether oxygens (including phenoxy) is 2. The fourth-order valence-corrected chi connectivity index (χ4v) is 3.49. The van der Waals surface area contributed by atoms with Crippen LogP contribution in [-0.2, 0) is 9.47 Å². The smallest absolute Gasteiger partial charge is 0.348 e. The Kier molecular flexibility index (Phi) is 6.60. The summed E-state index contributed by atoms with van der Waals surface area (Å²) in [5.41, 5.74) is 0.529. The number of anilines is 1. The number of furan rings is 1. The van der Waals surface area contributed by atoms with Crippen LogP contribution < -0.4 is 5.32 Å². The van der Waals surface area contributed by atoms with Crippen molar-refractivity contribution in [2.75, 3.05) is 11.9 Å². The maximum absolute atomic E-state index is 12.3. The molecule has 9 heteroatoms. The summed E-state index contributed by atoms with van der Waals surface area (Å²) in [6, 6.07) is 3.06. The third-order valence-corrected chi connectivity index (χ3v) is 4.79. The number of nitrogens with one attached hydrogen (secondary N) is 1. The fourth-order valence-electron chi connectivity index (χ4n) is 2.11. The summed E-state index contributed by atoms with van der Waals surface area (Å²) in [6.07, 6.45) is -0.312. The van der Waals surface area contributed by atoms with E-state index in [0.29, 0.717) is 10.2 Å². The number of rotatable bonds is 6. The molecule has 2 aromatic rings. The molecule has 2 aromatic heterocycles. The van der Waals surface area contributed by atoms with E-state index >= 15 is 0 Å². The Balaban J connectivity index is 2.40. The van der Waals surface area contributed by atoms with E-state index < -0.39 is 17.8 Å². The minimum Gasteiger partial charge on any atom is -0.462 e. The van der Waals surface area contributed by atoms with Gasteiger partial charge >= 0.3 is 11.9 Å². The predicted molar refractivity (Wildman–Crippen MR) is 99.9 cm³/mol. The first-order valence-electron chi connectivity index (χ1n) is 7.82. The summed E-state index contributed by atoms with van der Waals surface area (Å²) in [6.45, 7) is 6.90. The van der Waals surface area contributed by atoms with Gasteiger partial charge in [0.25, 0.3) is 5.91 Å². The maximum Gasteiger partial charge on any atom is 0.348 e. The van der Waals surface area contributed by atoms with Gasteiger partial charge in [0, 0.05) is 0 Å². The van der Waals surface area contributed by atoms with Crippen molar-refractivity contribution in [3.05, 3.63) is 38.6 Å². The molecule has 0 saturated heterocycles. The fraction of sp³-hybridized carbons (Fsp3) is 0.353. The minimum atomic E-state index is -0.624. The van der Waals surface area contributed by atoms with Gasteiger partial charge in [-0.05, 0) is 61.3 Å². The number of hydrogen-bond donors (Lipinski definition) is 1. The zero-order valence-electron chi connectivity index (χ0n) is 14.7. The lowest BCUT2D eigenvalue weighted by Crippen LogP contribution is -2.14. The van der Waals surface area contributed by atoms with Crippen LogP contribution in [0.15, 0.2) is 21.2 Å². The van der Waals surface area contributed by atoms with Gasteiger partial charge in [-0.1, -0.05) is 0 Å². The Bertz CT molecular complexity index is 838. The molecule has 1 amide bonds. The van der Waals surface area contributed by atoms with E-state index in [-0.39, 0.29) is 33.9 Å². The molecule has 0 aliphatic carbocycles. The Morgan fingerprint density at radius 1 is 1.27 bits per heavy atom.